The number of nitrogens with one attached hydrogen (secondary N) is 1. The molecule has 19 heavy (non-hydrogen) atoms. The zero-order chi connectivity index (χ0) is 14.6. The quantitative estimate of drug-likeness (QED) is 0.783. The predicted molar refractivity (Wildman–Crippen MR) is 72.0 cm³/mol. The third-order valence-electron chi connectivity index (χ3n) is 3.21. The molecule has 0 spiro atoms. The first-order chi connectivity index (χ1) is 8.54. The van der Waals surface area contributed by atoms with Crippen LogP contribution in [0.5, 0.6) is 0 Å². The zero-order valence-electron chi connectivity index (χ0n) is 12.2. The van der Waals surface area contributed by atoms with Gasteiger partial charge >= 0.3 is 6.03 Å². The molecule has 1 aromatic rings. The highest BCUT2D eigenvalue weighted by Gasteiger charge is 2.46. The van der Waals surface area contributed by atoms with Gasteiger partial charge in [-0.25, -0.2) is 9.69 Å². The fraction of sp³-hybridized carbons (Fsp3) is 0.615. The Morgan fingerprint density at radius 3 is 2.21 bits per heavy atom. The second kappa shape index (κ2) is 3.82. The minimum atomic E-state index is -0.872. The Labute approximate surface area is 112 Å². The maximum Gasteiger partial charge on any atom is 0.330 e. The Morgan fingerprint density at radius 2 is 1.84 bits per heavy atom. The smallest absolute Gasteiger partial charge is 0.323 e. The van der Waals surface area contributed by atoms with E-state index in [1.165, 1.54) is 0 Å². The summed E-state index contributed by atoms with van der Waals surface area (Å²) < 4.78 is 1.57. The maximum absolute atomic E-state index is 12.3. The molecule has 1 aromatic heterocycles. The lowest BCUT2D eigenvalue weighted by Crippen LogP contribution is -2.40. The van der Waals surface area contributed by atoms with Gasteiger partial charge in [0.15, 0.2) is 0 Å². The van der Waals surface area contributed by atoms with Crippen molar-refractivity contribution < 1.29 is 9.59 Å². The molecule has 6 nitrogen and oxygen atoms in total. The summed E-state index contributed by atoms with van der Waals surface area (Å²) in [6.45, 7) is 9.49. The molecule has 0 aliphatic carbocycles. The van der Waals surface area contributed by atoms with E-state index < -0.39 is 11.6 Å². The molecule has 2 heterocycles. The summed E-state index contributed by atoms with van der Waals surface area (Å²) in [5.41, 5.74) is -0.163. The Morgan fingerprint density at radius 1 is 1.26 bits per heavy atom. The molecular weight excluding hydrogens is 244 g/mol. The van der Waals surface area contributed by atoms with Crippen molar-refractivity contribution in [3.63, 3.8) is 0 Å². The summed E-state index contributed by atoms with van der Waals surface area (Å²) in [4.78, 5) is 25.4. The molecule has 0 atom stereocenters. The lowest BCUT2D eigenvalue weighted by atomic mass is 9.92. The van der Waals surface area contributed by atoms with Gasteiger partial charge in [0.1, 0.15) is 11.4 Å². The molecule has 3 amide bonds. The maximum atomic E-state index is 12.3. The zero-order valence-corrected chi connectivity index (χ0v) is 12.2. The van der Waals surface area contributed by atoms with Gasteiger partial charge in [-0.1, -0.05) is 20.8 Å². The van der Waals surface area contributed by atoms with Crippen LogP contribution in [0, 0.1) is 0 Å². The number of aromatic nitrogens is 2. The molecule has 1 fully saturated rings. The molecule has 104 valence electrons. The second-order valence-electron chi connectivity index (χ2n) is 6.46. The first-order valence-electron chi connectivity index (χ1n) is 6.25. The number of anilines is 1. The summed E-state index contributed by atoms with van der Waals surface area (Å²) in [5.74, 6) is 0.235. The standard InChI is InChI=1S/C13H20N4O2/c1-12(2,3)8-7-9(16(6)15-8)17-10(18)13(4,5)14-11(17)19/h7H,1-6H3,(H,14,19). The van der Waals surface area contributed by atoms with Gasteiger partial charge in [0.25, 0.3) is 5.91 Å². The van der Waals surface area contributed by atoms with E-state index in [4.69, 9.17) is 0 Å². The fourth-order valence-corrected chi connectivity index (χ4v) is 1.99. The topological polar surface area (TPSA) is 67.2 Å². The van der Waals surface area contributed by atoms with Gasteiger partial charge in [-0.15, -0.1) is 0 Å². The van der Waals surface area contributed by atoms with Crippen molar-refractivity contribution in [2.45, 2.75) is 45.6 Å². The third kappa shape index (κ3) is 2.11. The van der Waals surface area contributed by atoms with Crippen molar-refractivity contribution >= 4 is 17.8 Å². The van der Waals surface area contributed by atoms with Gasteiger partial charge in [0.2, 0.25) is 0 Å². The molecule has 2 rings (SSSR count). The summed E-state index contributed by atoms with van der Waals surface area (Å²) in [6.07, 6.45) is 0. The summed E-state index contributed by atoms with van der Waals surface area (Å²) in [6, 6.07) is 1.39. The largest absolute Gasteiger partial charge is 0.330 e. The molecule has 0 radical (unpaired) electrons. The Balaban J connectivity index is 2.46. The number of hydrogen-bond acceptors (Lipinski definition) is 3. The number of urea groups is 1. The fourth-order valence-electron chi connectivity index (χ4n) is 1.99. The minimum Gasteiger partial charge on any atom is -0.323 e. The normalized spacial score (nSPS) is 18.9. The van der Waals surface area contributed by atoms with E-state index in [9.17, 15) is 9.59 Å². The van der Waals surface area contributed by atoms with E-state index in [2.05, 4.69) is 10.4 Å². The van der Waals surface area contributed by atoms with E-state index in [0.717, 1.165) is 10.6 Å². The summed E-state index contributed by atoms with van der Waals surface area (Å²) in [7, 11) is 1.73. The molecule has 1 aliphatic rings. The minimum absolute atomic E-state index is 0.134. The van der Waals surface area contributed by atoms with Crippen LogP contribution in [0.1, 0.15) is 40.3 Å². The number of nitrogens with zero attached hydrogens (tertiary/aromatic N) is 3. The van der Waals surface area contributed by atoms with Gasteiger partial charge in [-0.05, 0) is 13.8 Å². The van der Waals surface area contributed by atoms with E-state index in [0.29, 0.717) is 5.82 Å². The molecule has 0 unspecified atom stereocenters. The predicted octanol–water partition coefficient (Wildman–Crippen LogP) is 1.55. The van der Waals surface area contributed by atoms with Crippen molar-refractivity contribution in [1.29, 1.82) is 0 Å². The highest BCUT2D eigenvalue weighted by Crippen LogP contribution is 2.29. The SMILES string of the molecule is Cn1nc(C(C)(C)C)cc1N1C(=O)NC(C)(C)C1=O. The summed E-state index contributed by atoms with van der Waals surface area (Å²) in [5, 5.41) is 7.05. The van der Waals surface area contributed by atoms with Gasteiger partial charge in [0.05, 0.1) is 5.69 Å². The Hall–Kier alpha value is -1.85. The second-order valence-corrected chi connectivity index (χ2v) is 6.46. The van der Waals surface area contributed by atoms with Crippen LogP contribution in [0.3, 0.4) is 0 Å². The Bertz CT molecular complexity index is 551. The van der Waals surface area contributed by atoms with Crippen molar-refractivity contribution in [2.24, 2.45) is 7.05 Å². The molecule has 1 N–H and O–H groups in total. The molecular formula is C13H20N4O2. The number of imide groups is 1. The number of carbonyl (C=O) groups excluding carboxylic acids is 2. The first-order valence-corrected chi connectivity index (χ1v) is 6.25. The van der Waals surface area contributed by atoms with Gasteiger partial charge in [-0.2, -0.15) is 5.10 Å². The molecule has 0 saturated carbocycles. The molecule has 1 saturated heterocycles. The summed E-state index contributed by atoms with van der Waals surface area (Å²) >= 11 is 0. The van der Waals surface area contributed by atoms with Crippen molar-refractivity contribution in [3.05, 3.63) is 11.8 Å². The lowest BCUT2D eigenvalue weighted by Gasteiger charge is -2.15. The molecule has 6 heteroatoms. The molecule has 1 aliphatic heterocycles. The van der Waals surface area contributed by atoms with Crippen molar-refractivity contribution in [2.75, 3.05) is 4.90 Å². The van der Waals surface area contributed by atoms with Crippen LogP contribution in [0.4, 0.5) is 10.6 Å². The lowest BCUT2D eigenvalue weighted by molar-refractivity contribution is -0.121. The highest BCUT2D eigenvalue weighted by molar-refractivity contribution is 6.22. The van der Waals surface area contributed by atoms with E-state index in [1.54, 1.807) is 31.6 Å². The number of aryl methyl sites for hydroxylation is 1. The average molecular weight is 264 g/mol. The van der Waals surface area contributed by atoms with Gasteiger partial charge in [0, 0.05) is 18.5 Å². The van der Waals surface area contributed by atoms with Gasteiger partial charge in [-0.3, -0.25) is 9.48 Å². The van der Waals surface area contributed by atoms with Crippen LogP contribution in [-0.2, 0) is 17.3 Å². The van der Waals surface area contributed by atoms with Crippen LogP contribution in [0.25, 0.3) is 0 Å². The van der Waals surface area contributed by atoms with Crippen molar-refractivity contribution in [3.8, 4) is 0 Å². The number of carbonyl (C=O) groups is 2. The van der Waals surface area contributed by atoms with Crippen LogP contribution in [0.2, 0.25) is 0 Å². The Kier molecular flexibility index (Phi) is 2.73. The number of amides is 3. The van der Waals surface area contributed by atoms with Crippen LogP contribution in [0.15, 0.2) is 6.07 Å². The number of rotatable bonds is 1. The third-order valence-corrected chi connectivity index (χ3v) is 3.21. The van der Waals surface area contributed by atoms with E-state index in [1.807, 2.05) is 20.8 Å². The van der Waals surface area contributed by atoms with E-state index >= 15 is 0 Å². The van der Waals surface area contributed by atoms with Gasteiger partial charge < -0.3 is 5.32 Å². The van der Waals surface area contributed by atoms with Crippen LogP contribution < -0.4 is 10.2 Å². The molecule has 0 bridgehead atoms. The van der Waals surface area contributed by atoms with Crippen LogP contribution in [-0.4, -0.2) is 27.3 Å². The average Bonchev–Trinajstić information content (AvgIpc) is 2.67. The highest BCUT2D eigenvalue weighted by atomic mass is 16.2. The van der Waals surface area contributed by atoms with E-state index in [-0.39, 0.29) is 11.3 Å². The molecule has 0 aromatic carbocycles. The first kappa shape index (κ1) is 13.6. The van der Waals surface area contributed by atoms with Crippen molar-refractivity contribution in [1.82, 2.24) is 15.1 Å². The number of hydrogen-bond donors (Lipinski definition) is 1. The van der Waals surface area contributed by atoms with Crippen LogP contribution >= 0.6 is 0 Å². The monoisotopic (exact) mass is 264 g/mol.